The van der Waals surface area contributed by atoms with Gasteiger partial charge in [-0.3, -0.25) is 4.90 Å². The molecule has 0 spiro atoms. The van der Waals surface area contributed by atoms with E-state index in [0.29, 0.717) is 18.7 Å². The number of nitriles is 1. The van der Waals surface area contributed by atoms with Crippen LogP contribution in [-0.4, -0.2) is 33.0 Å². The van der Waals surface area contributed by atoms with Crippen LogP contribution in [0.3, 0.4) is 0 Å². The van der Waals surface area contributed by atoms with E-state index in [1.54, 1.807) is 0 Å². The molecule has 2 heterocycles. The van der Waals surface area contributed by atoms with E-state index < -0.39 is 0 Å². The largest absolute Gasteiger partial charge is 0.356 e. The monoisotopic (exact) mass is 359 g/mol. The Morgan fingerprint density at radius 3 is 2.78 bits per heavy atom. The molecule has 3 aromatic rings. The number of rotatable bonds is 5. The van der Waals surface area contributed by atoms with Gasteiger partial charge in [-0.2, -0.15) is 5.26 Å². The van der Waals surface area contributed by atoms with Gasteiger partial charge in [-0.1, -0.05) is 47.2 Å². The minimum absolute atomic E-state index is 0.166. The summed E-state index contributed by atoms with van der Waals surface area (Å²) in [6, 6.07) is 18.2. The minimum Gasteiger partial charge on any atom is -0.356 e. The average Bonchev–Trinajstić information content (AvgIpc) is 3.32. The minimum atomic E-state index is -0.166. The number of benzene rings is 2. The van der Waals surface area contributed by atoms with Crippen molar-refractivity contribution in [3.05, 3.63) is 82.7 Å². The predicted molar refractivity (Wildman–Crippen MR) is 101 cm³/mol. The van der Waals surface area contributed by atoms with Crippen molar-refractivity contribution >= 4 is 0 Å². The van der Waals surface area contributed by atoms with E-state index in [-0.39, 0.29) is 6.23 Å². The second-order valence-electron chi connectivity index (χ2n) is 6.83. The molecule has 0 N–H and O–H groups in total. The zero-order chi connectivity index (χ0) is 18.6. The fourth-order valence-corrected chi connectivity index (χ4v) is 3.36. The van der Waals surface area contributed by atoms with Gasteiger partial charge in [-0.15, -0.1) is 5.10 Å². The molecule has 1 saturated heterocycles. The Bertz CT molecular complexity index is 957. The second kappa shape index (κ2) is 7.70. The summed E-state index contributed by atoms with van der Waals surface area (Å²) in [7, 11) is 0. The highest BCUT2D eigenvalue weighted by molar-refractivity contribution is 5.31. The zero-order valence-corrected chi connectivity index (χ0v) is 15.2. The molecule has 0 saturated carbocycles. The molecule has 27 heavy (non-hydrogen) atoms. The molecular formula is C21H21N5O. The molecule has 1 aromatic heterocycles. The first-order valence-corrected chi connectivity index (χ1v) is 9.01. The summed E-state index contributed by atoms with van der Waals surface area (Å²) in [5.41, 5.74) is 5.10. The Kier molecular flexibility index (Phi) is 4.97. The molecule has 2 aromatic carbocycles. The number of hydrogen-bond acceptors (Lipinski definition) is 5. The summed E-state index contributed by atoms with van der Waals surface area (Å²) in [4.78, 5) is 2.28. The van der Waals surface area contributed by atoms with Gasteiger partial charge in [-0.05, 0) is 30.2 Å². The van der Waals surface area contributed by atoms with Gasteiger partial charge in [0, 0.05) is 13.1 Å². The molecule has 1 aliphatic heterocycles. The van der Waals surface area contributed by atoms with Crippen LogP contribution in [0.15, 0.2) is 54.7 Å². The van der Waals surface area contributed by atoms with E-state index >= 15 is 0 Å². The lowest BCUT2D eigenvalue weighted by molar-refractivity contribution is 0.0252. The quantitative estimate of drug-likeness (QED) is 0.700. The molecule has 6 heteroatoms. The standard InChI is InChI=1S/C21H21N5O/c1-16-3-2-4-19(11-16)13-25-9-10-27-21(25)20-15-26(24-23-20)14-18-7-5-17(12-22)6-8-18/h2-8,11,15,21H,9-10,13-14H2,1H3/t21-/m1/s1. The van der Waals surface area contributed by atoms with E-state index in [1.165, 1.54) is 11.1 Å². The predicted octanol–water partition coefficient (Wildman–Crippen LogP) is 3.04. The number of ether oxygens (including phenoxy) is 1. The maximum atomic E-state index is 8.89. The first-order chi connectivity index (χ1) is 13.2. The van der Waals surface area contributed by atoms with Crippen LogP contribution in [0.4, 0.5) is 0 Å². The second-order valence-corrected chi connectivity index (χ2v) is 6.83. The summed E-state index contributed by atoms with van der Waals surface area (Å²) in [6.45, 7) is 5.12. The third kappa shape index (κ3) is 4.05. The number of nitrogens with zero attached hydrogens (tertiary/aromatic N) is 5. The van der Waals surface area contributed by atoms with Crippen LogP contribution in [0, 0.1) is 18.3 Å². The van der Waals surface area contributed by atoms with Crippen LogP contribution < -0.4 is 0 Å². The van der Waals surface area contributed by atoms with Crippen LogP contribution in [0.25, 0.3) is 0 Å². The van der Waals surface area contributed by atoms with E-state index in [4.69, 9.17) is 10.00 Å². The lowest BCUT2D eigenvalue weighted by Gasteiger charge is -2.21. The van der Waals surface area contributed by atoms with Crippen molar-refractivity contribution in [2.24, 2.45) is 0 Å². The van der Waals surface area contributed by atoms with E-state index in [9.17, 15) is 0 Å². The van der Waals surface area contributed by atoms with Gasteiger partial charge >= 0.3 is 0 Å². The summed E-state index contributed by atoms with van der Waals surface area (Å²) in [5, 5.41) is 17.5. The third-order valence-electron chi connectivity index (χ3n) is 4.69. The molecule has 4 rings (SSSR count). The fraction of sp³-hybridized carbons (Fsp3) is 0.286. The fourth-order valence-electron chi connectivity index (χ4n) is 3.36. The number of hydrogen-bond donors (Lipinski definition) is 0. The van der Waals surface area contributed by atoms with Crippen molar-refractivity contribution in [3.63, 3.8) is 0 Å². The lowest BCUT2D eigenvalue weighted by Crippen LogP contribution is -2.23. The van der Waals surface area contributed by atoms with Crippen LogP contribution in [-0.2, 0) is 17.8 Å². The first kappa shape index (κ1) is 17.4. The van der Waals surface area contributed by atoms with Crippen LogP contribution in [0.5, 0.6) is 0 Å². The first-order valence-electron chi connectivity index (χ1n) is 9.01. The summed E-state index contributed by atoms with van der Waals surface area (Å²) in [6.07, 6.45) is 1.78. The molecule has 0 aliphatic carbocycles. The van der Waals surface area contributed by atoms with Crippen LogP contribution in [0.2, 0.25) is 0 Å². The maximum absolute atomic E-state index is 8.89. The Morgan fingerprint density at radius 1 is 1.15 bits per heavy atom. The molecule has 0 radical (unpaired) electrons. The smallest absolute Gasteiger partial charge is 0.157 e. The highest BCUT2D eigenvalue weighted by Crippen LogP contribution is 2.27. The molecule has 6 nitrogen and oxygen atoms in total. The van der Waals surface area contributed by atoms with Crippen molar-refractivity contribution in [2.45, 2.75) is 26.2 Å². The Hall–Kier alpha value is -3.01. The summed E-state index contributed by atoms with van der Waals surface area (Å²) < 4.78 is 7.73. The zero-order valence-electron chi connectivity index (χ0n) is 15.2. The molecule has 0 bridgehead atoms. The van der Waals surface area contributed by atoms with Crippen molar-refractivity contribution in [1.82, 2.24) is 19.9 Å². The molecule has 1 atom stereocenters. The van der Waals surface area contributed by atoms with Crippen molar-refractivity contribution in [1.29, 1.82) is 5.26 Å². The molecule has 1 aliphatic rings. The van der Waals surface area contributed by atoms with Gasteiger partial charge in [0.2, 0.25) is 0 Å². The van der Waals surface area contributed by atoms with Crippen LogP contribution >= 0.6 is 0 Å². The Labute approximate surface area is 158 Å². The van der Waals surface area contributed by atoms with Gasteiger partial charge < -0.3 is 4.74 Å². The highest BCUT2D eigenvalue weighted by atomic mass is 16.5. The van der Waals surface area contributed by atoms with Gasteiger partial charge in [0.05, 0.1) is 31.0 Å². The number of aromatic nitrogens is 3. The van der Waals surface area contributed by atoms with Gasteiger partial charge in [0.25, 0.3) is 0 Å². The molecular weight excluding hydrogens is 338 g/mol. The van der Waals surface area contributed by atoms with Crippen LogP contribution in [0.1, 0.15) is 34.2 Å². The topological polar surface area (TPSA) is 67.0 Å². The molecule has 0 unspecified atom stereocenters. The van der Waals surface area contributed by atoms with Gasteiger partial charge in [0.1, 0.15) is 5.69 Å². The summed E-state index contributed by atoms with van der Waals surface area (Å²) >= 11 is 0. The molecule has 136 valence electrons. The van der Waals surface area contributed by atoms with Gasteiger partial charge in [-0.25, -0.2) is 4.68 Å². The molecule has 0 amide bonds. The normalized spacial score (nSPS) is 17.1. The number of aryl methyl sites for hydroxylation is 1. The SMILES string of the molecule is Cc1cccc(CN2CCO[C@@H]2c2cn(Cc3ccc(C#N)cc3)nn2)c1. The summed E-state index contributed by atoms with van der Waals surface area (Å²) in [5.74, 6) is 0. The Balaban J connectivity index is 1.45. The maximum Gasteiger partial charge on any atom is 0.157 e. The van der Waals surface area contributed by atoms with E-state index in [1.807, 2.05) is 35.1 Å². The average molecular weight is 359 g/mol. The van der Waals surface area contributed by atoms with Crippen molar-refractivity contribution < 1.29 is 4.74 Å². The van der Waals surface area contributed by atoms with E-state index in [0.717, 1.165) is 24.3 Å². The van der Waals surface area contributed by atoms with Crippen molar-refractivity contribution in [2.75, 3.05) is 13.2 Å². The van der Waals surface area contributed by atoms with E-state index in [2.05, 4.69) is 52.5 Å². The third-order valence-corrected chi connectivity index (χ3v) is 4.69. The van der Waals surface area contributed by atoms with Crippen molar-refractivity contribution in [3.8, 4) is 6.07 Å². The lowest BCUT2D eigenvalue weighted by atomic mass is 10.1. The Morgan fingerprint density at radius 2 is 2.00 bits per heavy atom. The highest BCUT2D eigenvalue weighted by Gasteiger charge is 2.29. The molecule has 1 fully saturated rings. The van der Waals surface area contributed by atoms with Gasteiger partial charge in [0.15, 0.2) is 6.23 Å².